The van der Waals surface area contributed by atoms with E-state index in [4.69, 9.17) is 14.1 Å². The minimum Gasteiger partial charge on any atom is -0.471 e. The first-order valence-electron chi connectivity index (χ1n) is 10.7. The third-order valence-corrected chi connectivity index (χ3v) is 5.56. The first-order valence-corrected chi connectivity index (χ1v) is 10.7. The van der Waals surface area contributed by atoms with Gasteiger partial charge >= 0.3 is 0 Å². The lowest BCUT2D eigenvalue weighted by Gasteiger charge is -2.28. The van der Waals surface area contributed by atoms with Crippen LogP contribution in [0.1, 0.15) is 21.6 Å². The van der Waals surface area contributed by atoms with Crippen LogP contribution in [0.2, 0.25) is 0 Å². The summed E-state index contributed by atoms with van der Waals surface area (Å²) in [4.78, 5) is 15.0. The monoisotopic (exact) mass is 448 g/mol. The molecule has 1 N–H and O–H groups in total. The SMILES string of the molecule is Cc1ccc(C)c(OCn2ccc(C(=O)Nc3ccc(N4CCOCC4)c4nonc34)n2)c1. The van der Waals surface area contributed by atoms with Crippen LogP contribution >= 0.6 is 0 Å². The second kappa shape index (κ2) is 8.91. The summed E-state index contributed by atoms with van der Waals surface area (Å²) in [5, 5.41) is 15.2. The molecule has 0 saturated carbocycles. The summed E-state index contributed by atoms with van der Waals surface area (Å²) < 4.78 is 17.8. The van der Waals surface area contributed by atoms with E-state index in [0.29, 0.717) is 29.9 Å². The van der Waals surface area contributed by atoms with Crippen LogP contribution in [0.3, 0.4) is 0 Å². The Morgan fingerprint density at radius 1 is 1.09 bits per heavy atom. The zero-order valence-corrected chi connectivity index (χ0v) is 18.4. The van der Waals surface area contributed by atoms with Gasteiger partial charge in [0, 0.05) is 19.3 Å². The number of morpholine rings is 1. The van der Waals surface area contributed by atoms with Gasteiger partial charge in [-0.05, 0) is 59.6 Å². The maximum absolute atomic E-state index is 12.8. The number of aryl methyl sites for hydroxylation is 2. The highest BCUT2D eigenvalue weighted by molar-refractivity contribution is 6.08. The summed E-state index contributed by atoms with van der Waals surface area (Å²) in [6.07, 6.45) is 1.70. The summed E-state index contributed by atoms with van der Waals surface area (Å²) in [6, 6.07) is 11.4. The maximum atomic E-state index is 12.8. The van der Waals surface area contributed by atoms with E-state index in [1.54, 1.807) is 23.0 Å². The van der Waals surface area contributed by atoms with E-state index in [0.717, 1.165) is 35.7 Å². The van der Waals surface area contributed by atoms with Crippen LogP contribution < -0.4 is 15.0 Å². The standard InChI is InChI=1S/C23H24N6O4/c1-15-3-4-16(2)20(13-15)32-14-29-8-7-18(25-29)23(30)24-17-5-6-19(22-21(17)26-33-27-22)28-9-11-31-12-10-28/h3-8,13H,9-12,14H2,1-2H3,(H,24,30). The molecule has 1 fully saturated rings. The number of carbonyl (C=O) groups is 1. The lowest BCUT2D eigenvalue weighted by molar-refractivity contribution is 0.102. The Balaban J connectivity index is 1.29. The molecule has 1 saturated heterocycles. The number of benzene rings is 2. The Morgan fingerprint density at radius 3 is 2.76 bits per heavy atom. The summed E-state index contributed by atoms with van der Waals surface area (Å²) >= 11 is 0. The van der Waals surface area contributed by atoms with Gasteiger partial charge in [-0.25, -0.2) is 9.31 Å². The average Bonchev–Trinajstić information content (AvgIpc) is 3.51. The molecule has 4 aromatic rings. The molecule has 10 heteroatoms. The fourth-order valence-electron chi connectivity index (χ4n) is 3.75. The van der Waals surface area contributed by atoms with Crippen molar-refractivity contribution in [1.82, 2.24) is 20.1 Å². The zero-order chi connectivity index (χ0) is 22.8. The summed E-state index contributed by atoms with van der Waals surface area (Å²) in [6.45, 7) is 7.02. The first-order chi connectivity index (χ1) is 16.1. The normalized spacial score (nSPS) is 13.9. The molecule has 3 heterocycles. The average molecular weight is 448 g/mol. The summed E-state index contributed by atoms with van der Waals surface area (Å²) in [5.41, 5.74) is 4.92. The van der Waals surface area contributed by atoms with Crippen LogP contribution in [0.25, 0.3) is 11.0 Å². The van der Waals surface area contributed by atoms with Crippen LogP contribution in [-0.2, 0) is 11.5 Å². The van der Waals surface area contributed by atoms with Gasteiger partial charge in [-0.1, -0.05) is 12.1 Å². The fraction of sp³-hybridized carbons (Fsp3) is 0.304. The molecule has 1 aliphatic rings. The van der Waals surface area contributed by atoms with E-state index < -0.39 is 0 Å². The van der Waals surface area contributed by atoms with Gasteiger partial charge in [0.2, 0.25) is 0 Å². The smallest absolute Gasteiger partial charge is 0.276 e. The Labute approximate surface area is 190 Å². The third kappa shape index (κ3) is 4.37. The molecule has 10 nitrogen and oxygen atoms in total. The topological polar surface area (TPSA) is 108 Å². The van der Waals surface area contributed by atoms with Crippen molar-refractivity contribution in [3.8, 4) is 5.75 Å². The number of amides is 1. The Hall–Kier alpha value is -3.92. The van der Waals surface area contributed by atoms with Crippen molar-refractivity contribution in [2.45, 2.75) is 20.6 Å². The number of anilines is 2. The quantitative estimate of drug-likeness (QED) is 0.479. The zero-order valence-electron chi connectivity index (χ0n) is 18.4. The van der Waals surface area contributed by atoms with Gasteiger partial charge in [0.15, 0.2) is 23.5 Å². The molecule has 0 radical (unpaired) electrons. The molecule has 0 aliphatic carbocycles. The lowest BCUT2D eigenvalue weighted by atomic mass is 10.1. The Bertz CT molecular complexity index is 1290. The van der Waals surface area contributed by atoms with Crippen LogP contribution in [0.4, 0.5) is 11.4 Å². The molecule has 2 aromatic heterocycles. The second-order valence-corrected chi connectivity index (χ2v) is 7.93. The predicted octanol–water partition coefficient (Wildman–Crippen LogP) is 3.16. The number of fused-ring (bicyclic) bond motifs is 1. The van der Waals surface area contributed by atoms with Gasteiger partial charge in [0.1, 0.15) is 5.75 Å². The van der Waals surface area contributed by atoms with Crippen molar-refractivity contribution in [3.63, 3.8) is 0 Å². The fourth-order valence-corrected chi connectivity index (χ4v) is 3.75. The van der Waals surface area contributed by atoms with Crippen molar-refractivity contribution in [2.75, 3.05) is 36.5 Å². The Morgan fingerprint density at radius 2 is 1.91 bits per heavy atom. The number of ether oxygens (including phenoxy) is 2. The van der Waals surface area contributed by atoms with Gasteiger partial charge in [-0.2, -0.15) is 5.10 Å². The predicted molar refractivity (Wildman–Crippen MR) is 122 cm³/mol. The summed E-state index contributed by atoms with van der Waals surface area (Å²) in [7, 11) is 0. The van der Waals surface area contributed by atoms with Crippen molar-refractivity contribution in [3.05, 3.63) is 59.4 Å². The highest BCUT2D eigenvalue weighted by Gasteiger charge is 2.20. The van der Waals surface area contributed by atoms with E-state index in [1.807, 2.05) is 38.1 Å². The molecule has 5 rings (SSSR count). The molecule has 0 spiro atoms. The van der Waals surface area contributed by atoms with E-state index >= 15 is 0 Å². The third-order valence-electron chi connectivity index (χ3n) is 5.56. The van der Waals surface area contributed by atoms with Crippen molar-refractivity contribution in [1.29, 1.82) is 0 Å². The minimum atomic E-state index is -0.357. The van der Waals surface area contributed by atoms with E-state index in [2.05, 4.69) is 25.6 Å². The molecule has 170 valence electrons. The highest BCUT2D eigenvalue weighted by atomic mass is 16.6. The molecular formula is C23H24N6O4. The first kappa shape index (κ1) is 21.0. The van der Waals surface area contributed by atoms with Crippen molar-refractivity contribution < 1.29 is 18.9 Å². The molecular weight excluding hydrogens is 424 g/mol. The molecule has 0 atom stereocenters. The number of hydrogen-bond donors (Lipinski definition) is 1. The van der Waals surface area contributed by atoms with Crippen LogP contribution in [0, 0.1) is 13.8 Å². The van der Waals surface area contributed by atoms with E-state index in [9.17, 15) is 4.79 Å². The molecule has 0 bridgehead atoms. The number of rotatable bonds is 6. The molecule has 0 unspecified atom stereocenters. The number of carbonyl (C=O) groups excluding carboxylic acids is 1. The maximum Gasteiger partial charge on any atom is 0.276 e. The van der Waals surface area contributed by atoms with Gasteiger partial charge in [-0.3, -0.25) is 4.79 Å². The highest BCUT2D eigenvalue weighted by Crippen LogP contribution is 2.30. The van der Waals surface area contributed by atoms with Crippen LogP contribution in [0.5, 0.6) is 5.75 Å². The van der Waals surface area contributed by atoms with Crippen LogP contribution in [0.15, 0.2) is 47.2 Å². The number of hydrogen-bond acceptors (Lipinski definition) is 8. The van der Waals surface area contributed by atoms with Gasteiger partial charge < -0.3 is 19.7 Å². The molecule has 1 amide bonds. The lowest BCUT2D eigenvalue weighted by Crippen LogP contribution is -2.36. The molecule has 2 aromatic carbocycles. The molecule has 1 aliphatic heterocycles. The number of nitrogens with one attached hydrogen (secondary N) is 1. The number of aromatic nitrogens is 4. The van der Waals surface area contributed by atoms with Gasteiger partial charge in [0.25, 0.3) is 5.91 Å². The second-order valence-electron chi connectivity index (χ2n) is 7.93. The van der Waals surface area contributed by atoms with E-state index in [-0.39, 0.29) is 18.3 Å². The largest absolute Gasteiger partial charge is 0.471 e. The van der Waals surface area contributed by atoms with Gasteiger partial charge in [0.05, 0.1) is 24.6 Å². The number of nitrogens with zero attached hydrogens (tertiary/aromatic N) is 5. The van der Waals surface area contributed by atoms with Gasteiger partial charge in [-0.15, -0.1) is 0 Å². The Kier molecular flexibility index (Phi) is 5.66. The van der Waals surface area contributed by atoms with Crippen molar-refractivity contribution in [2.24, 2.45) is 0 Å². The molecule has 33 heavy (non-hydrogen) atoms. The van der Waals surface area contributed by atoms with E-state index in [1.165, 1.54) is 0 Å². The van der Waals surface area contributed by atoms with Crippen LogP contribution in [-0.4, -0.2) is 52.3 Å². The van der Waals surface area contributed by atoms with Crippen molar-refractivity contribution >= 4 is 28.3 Å². The minimum absolute atomic E-state index is 0.198. The summed E-state index contributed by atoms with van der Waals surface area (Å²) in [5.74, 6) is 0.432.